The number of aromatic amines is 1. The van der Waals surface area contributed by atoms with Crippen molar-refractivity contribution in [2.24, 2.45) is 16.8 Å². The second kappa shape index (κ2) is 8.99. The quantitative estimate of drug-likeness (QED) is 0.302. The predicted octanol–water partition coefficient (Wildman–Crippen LogP) is -1.67. The molecule has 2 fully saturated rings. The van der Waals surface area contributed by atoms with Crippen LogP contribution < -0.4 is 25.8 Å². The van der Waals surface area contributed by atoms with Crippen molar-refractivity contribution in [3.05, 3.63) is 12.1 Å². The lowest BCUT2D eigenvalue weighted by Gasteiger charge is -2.34. The van der Waals surface area contributed by atoms with Crippen molar-refractivity contribution in [2.75, 3.05) is 37.6 Å². The Morgan fingerprint density at radius 1 is 1.16 bits per heavy atom. The summed E-state index contributed by atoms with van der Waals surface area (Å²) in [4.78, 5) is 0.986. The Labute approximate surface area is 186 Å². The van der Waals surface area contributed by atoms with Crippen LogP contribution in [0.25, 0.3) is 11.4 Å². The van der Waals surface area contributed by atoms with Crippen LogP contribution in [-0.2, 0) is 20.0 Å². The Morgan fingerprint density at radius 2 is 1.91 bits per heavy atom. The average molecular weight is 486 g/mol. The first-order valence-electron chi connectivity index (χ1n) is 10.3. The number of sulfonamides is 2. The number of H-pyrrole nitrogens is 1. The summed E-state index contributed by atoms with van der Waals surface area (Å²) in [6.45, 7) is 2.94. The number of hydrogen-bond donors (Lipinski definition) is 5. The molecule has 2 aliphatic rings. The Kier molecular flexibility index (Phi) is 6.46. The van der Waals surface area contributed by atoms with Gasteiger partial charge in [-0.2, -0.15) is 5.21 Å². The van der Waals surface area contributed by atoms with Gasteiger partial charge in [0.05, 0.1) is 5.56 Å². The Bertz CT molecular complexity index is 1150. The van der Waals surface area contributed by atoms with Crippen molar-refractivity contribution in [2.45, 2.75) is 35.1 Å². The molecule has 2 saturated heterocycles. The molecule has 2 aromatic rings. The number of rotatable bonds is 7. The predicted molar refractivity (Wildman–Crippen MR) is 117 cm³/mol. The van der Waals surface area contributed by atoms with Gasteiger partial charge < -0.3 is 16.0 Å². The standard InChI is InChI=1S/C17H27N9O4S2/c18-9-11-4-7-26(8-5-11)13-1-2-14(32(29,30)23-12-3-6-20-10-12)16(31(19,27)28)15(13)17-21-24-25-22-17/h1-2,11-12,20,23H,3-10,18H2,(H2,19,27,28)(H,21,22,24,25). The molecule has 1 aromatic heterocycles. The molecule has 1 aromatic carbocycles. The number of hydrogen-bond acceptors (Lipinski definition) is 10. The Morgan fingerprint density at radius 3 is 2.47 bits per heavy atom. The van der Waals surface area contributed by atoms with Crippen molar-refractivity contribution in [1.82, 2.24) is 30.7 Å². The molecule has 32 heavy (non-hydrogen) atoms. The summed E-state index contributed by atoms with van der Waals surface area (Å²) in [5.74, 6) is 0.325. The van der Waals surface area contributed by atoms with E-state index in [1.165, 1.54) is 6.07 Å². The van der Waals surface area contributed by atoms with Crippen LogP contribution in [0, 0.1) is 5.92 Å². The number of benzene rings is 1. The lowest BCUT2D eigenvalue weighted by Crippen LogP contribution is -2.38. The monoisotopic (exact) mass is 485 g/mol. The SMILES string of the molecule is NCC1CCN(c2ccc(S(=O)(=O)NC3CCNC3)c(S(N)(=O)=O)c2-c2nn[nH]n2)CC1. The van der Waals surface area contributed by atoms with Gasteiger partial charge in [-0.1, -0.05) is 0 Å². The number of piperidine rings is 1. The zero-order valence-electron chi connectivity index (χ0n) is 17.4. The number of nitrogens with one attached hydrogen (secondary N) is 3. The largest absolute Gasteiger partial charge is 0.371 e. The third-order valence-electron chi connectivity index (χ3n) is 5.91. The molecule has 1 unspecified atom stereocenters. The van der Waals surface area contributed by atoms with E-state index in [1.807, 2.05) is 4.90 Å². The minimum Gasteiger partial charge on any atom is -0.371 e. The summed E-state index contributed by atoms with van der Waals surface area (Å²) < 4.78 is 54.4. The van der Waals surface area contributed by atoms with Crippen molar-refractivity contribution < 1.29 is 16.8 Å². The van der Waals surface area contributed by atoms with Gasteiger partial charge in [0.2, 0.25) is 25.9 Å². The number of nitrogens with zero attached hydrogens (tertiary/aromatic N) is 4. The van der Waals surface area contributed by atoms with Crippen molar-refractivity contribution in [1.29, 1.82) is 0 Å². The minimum atomic E-state index is -4.49. The summed E-state index contributed by atoms with van der Waals surface area (Å²) in [5, 5.41) is 22.3. The molecular formula is C17H27N9O4S2. The maximum absolute atomic E-state index is 13.2. The Hall–Kier alpha value is -2.17. The number of anilines is 1. The maximum atomic E-state index is 13.2. The molecule has 0 bridgehead atoms. The van der Waals surface area contributed by atoms with Crippen LogP contribution >= 0.6 is 0 Å². The fourth-order valence-electron chi connectivity index (χ4n) is 4.24. The normalized spacial score (nSPS) is 20.7. The third kappa shape index (κ3) is 4.62. The van der Waals surface area contributed by atoms with E-state index >= 15 is 0 Å². The number of nitrogens with two attached hydrogens (primary N) is 2. The Balaban J connectivity index is 1.87. The molecule has 13 nitrogen and oxygen atoms in total. The molecule has 0 radical (unpaired) electrons. The van der Waals surface area contributed by atoms with E-state index in [0.29, 0.717) is 50.7 Å². The van der Waals surface area contributed by atoms with Crippen LogP contribution in [0.3, 0.4) is 0 Å². The van der Waals surface area contributed by atoms with E-state index in [-0.39, 0.29) is 17.4 Å². The molecule has 3 heterocycles. The maximum Gasteiger partial charge on any atom is 0.242 e. The number of tetrazole rings is 1. The highest BCUT2D eigenvalue weighted by molar-refractivity contribution is 7.92. The van der Waals surface area contributed by atoms with E-state index in [2.05, 4.69) is 30.7 Å². The van der Waals surface area contributed by atoms with Crippen molar-refractivity contribution in [3.63, 3.8) is 0 Å². The first kappa shape index (κ1) is 23.0. The summed E-state index contributed by atoms with van der Waals surface area (Å²) in [6, 6.07) is 2.50. The molecule has 0 amide bonds. The summed E-state index contributed by atoms with van der Waals surface area (Å²) >= 11 is 0. The van der Waals surface area contributed by atoms with Gasteiger partial charge in [0, 0.05) is 31.4 Å². The molecular weight excluding hydrogens is 458 g/mol. The van der Waals surface area contributed by atoms with E-state index in [0.717, 1.165) is 12.8 Å². The summed E-state index contributed by atoms with van der Waals surface area (Å²) in [7, 11) is -8.69. The van der Waals surface area contributed by atoms with Gasteiger partial charge in [-0.05, 0) is 55.6 Å². The number of aromatic nitrogens is 4. The smallest absolute Gasteiger partial charge is 0.242 e. The van der Waals surface area contributed by atoms with Crippen LogP contribution in [0.2, 0.25) is 0 Å². The molecule has 0 aliphatic carbocycles. The highest BCUT2D eigenvalue weighted by atomic mass is 32.2. The molecule has 1 atom stereocenters. The highest BCUT2D eigenvalue weighted by Crippen LogP contribution is 2.39. The zero-order valence-corrected chi connectivity index (χ0v) is 19.0. The van der Waals surface area contributed by atoms with Gasteiger partial charge in [-0.15, -0.1) is 10.2 Å². The van der Waals surface area contributed by atoms with Gasteiger partial charge in [0.15, 0.2) is 0 Å². The van der Waals surface area contributed by atoms with Crippen LogP contribution in [0.4, 0.5) is 5.69 Å². The van der Waals surface area contributed by atoms with Crippen LogP contribution in [0.5, 0.6) is 0 Å². The fourth-order valence-corrected chi connectivity index (χ4v) is 7.11. The minimum absolute atomic E-state index is 0.0138. The zero-order chi connectivity index (χ0) is 22.9. The van der Waals surface area contributed by atoms with Gasteiger partial charge in [-0.25, -0.2) is 26.7 Å². The van der Waals surface area contributed by atoms with Crippen LogP contribution in [0.15, 0.2) is 21.9 Å². The molecule has 2 aliphatic heterocycles. The van der Waals surface area contributed by atoms with Gasteiger partial charge in [0.25, 0.3) is 0 Å². The molecule has 15 heteroatoms. The van der Waals surface area contributed by atoms with E-state index < -0.39 is 29.8 Å². The first-order chi connectivity index (χ1) is 15.2. The van der Waals surface area contributed by atoms with Crippen molar-refractivity contribution in [3.8, 4) is 11.4 Å². The number of primary sulfonamides is 1. The van der Waals surface area contributed by atoms with E-state index in [9.17, 15) is 16.8 Å². The average Bonchev–Trinajstić information content (AvgIpc) is 3.46. The van der Waals surface area contributed by atoms with Crippen LogP contribution in [0.1, 0.15) is 19.3 Å². The first-order valence-corrected chi connectivity index (χ1v) is 13.4. The molecule has 0 saturated carbocycles. The summed E-state index contributed by atoms with van der Waals surface area (Å²) in [6.07, 6.45) is 2.24. The lowest BCUT2D eigenvalue weighted by atomic mass is 9.96. The summed E-state index contributed by atoms with van der Waals surface area (Å²) in [5.41, 5.74) is 6.28. The fraction of sp³-hybridized carbons (Fsp3) is 0.588. The lowest BCUT2D eigenvalue weighted by molar-refractivity contribution is 0.414. The second-order valence-electron chi connectivity index (χ2n) is 8.04. The molecule has 0 spiro atoms. The molecule has 176 valence electrons. The third-order valence-corrected chi connectivity index (χ3v) is 8.60. The van der Waals surface area contributed by atoms with Gasteiger partial charge in [0.1, 0.15) is 9.79 Å². The van der Waals surface area contributed by atoms with E-state index in [1.54, 1.807) is 6.07 Å². The molecule has 7 N–H and O–H groups in total. The van der Waals surface area contributed by atoms with E-state index in [4.69, 9.17) is 10.9 Å². The van der Waals surface area contributed by atoms with Crippen LogP contribution in [-0.4, -0.2) is 76.2 Å². The topological polar surface area (TPSA) is 202 Å². The molecule has 4 rings (SSSR count). The van der Waals surface area contributed by atoms with Crippen molar-refractivity contribution >= 4 is 25.7 Å². The highest BCUT2D eigenvalue weighted by Gasteiger charge is 2.35. The van der Waals surface area contributed by atoms with Gasteiger partial charge >= 0.3 is 0 Å². The van der Waals surface area contributed by atoms with Gasteiger partial charge in [-0.3, -0.25) is 0 Å². The second-order valence-corrected chi connectivity index (χ2v) is 11.2.